The van der Waals surface area contributed by atoms with E-state index < -0.39 is 18.4 Å². The van der Waals surface area contributed by atoms with Gasteiger partial charge in [0.1, 0.15) is 10.8 Å². The summed E-state index contributed by atoms with van der Waals surface area (Å²) >= 11 is 5.88. The minimum absolute atomic E-state index is 0.0637. The van der Waals surface area contributed by atoms with Crippen LogP contribution in [-0.4, -0.2) is 31.2 Å². The van der Waals surface area contributed by atoms with E-state index in [0.29, 0.717) is 22.5 Å². The zero-order valence-electron chi connectivity index (χ0n) is 19.5. The van der Waals surface area contributed by atoms with Crippen LogP contribution in [-0.2, 0) is 0 Å². The molecule has 2 N–H and O–H groups in total. The Hall–Kier alpha value is -3.72. The van der Waals surface area contributed by atoms with Gasteiger partial charge in [-0.15, -0.1) is 0 Å². The van der Waals surface area contributed by atoms with Crippen molar-refractivity contribution in [2.45, 2.75) is 45.1 Å². The van der Waals surface area contributed by atoms with Crippen molar-refractivity contribution < 1.29 is 18.7 Å². The summed E-state index contributed by atoms with van der Waals surface area (Å²) in [5.74, 6) is -0.824. The fourth-order valence-corrected chi connectivity index (χ4v) is 4.45. The van der Waals surface area contributed by atoms with E-state index in [1.807, 2.05) is 26.0 Å². The van der Waals surface area contributed by atoms with E-state index >= 15 is 0 Å². The number of aromatic nitrogens is 4. The Morgan fingerprint density at radius 3 is 2.53 bits per heavy atom. The summed E-state index contributed by atoms with van der Waals surface area (Å²) in [6.45, 7) is 3.70. The fourth-order valence-electron chi connectivity index (χ4n) is 4.30. The SMILES string of the molecule is Cc1cc([C@@H](C)Nc2ccc(Cl)nc2C(=O)O)c2cc(-c3ccc(C4CC4)nn3)c(C(F)F)nc2c1. The van der Waals surface area contributed by atoms with Crippen molar-refractivity contribution in [1.29, 1.82) is 0 Å². The molecule has 1 aliphatic carbocycles. The van der Waals surface area contributed by atoms with Gasteiger partial charge in [0, 0.05) is 22.9 Å². The molecule has 4 aromatic rings. The Morgan fingerprint density at radius 2 is 1.89 bits per heavy atom. The molecule has 36 heavy (non-hydrogen) atoms. The van der Waals surface area contributed by atoms with Crippen LogP contribution in [0, 0.1) is 6.92 Å². The maximum Gasteiger partial charge on any atom is 0.356 e. The highest BCUT2D eigenvalue weighted by Gasteiger charge is 2.26. The third-order valence-corrected chi connectivity index (χ3v) is 6.42. The van der Waals surface area contributed by atoms with Crippen LogP contribution in [0.3, 0.4) is 0 Å². The number of hydrogen-bond acceptors (Lipinski definition) is 6. The van der Waals surface area contributed by atoms with Crippen LogP contribution in [0.15, 0.2) is 42.5 Å². The molecule has 0 amide bonds. The molecule has 0 bridgehead atoms. The normalized spacial score (nSPS) is 14.3. The van der Waals surface area contributed by atoms with Crippen molar-refractivity contribution in [1.82, 2.24) is 20.2 Å². The van der Waals surface area contributed by atoms with E-state index in [1.54, 1.807) is 24.3 Å². The summed E-state index contributed by atoms with van der Waals surface area (Å²) < 4.78 is 28.1. The van der Waals surface area contributed by atoms with Crippen molar-refractivity contribution in [3.8, 4) is 11.3 Å². The zero-order valence-corrected chi connectivity index (χ0v) is 20.2. The topological polar surface area (TPSA) is 101 Å². The first-order valence-electron chi connectivity index (χ1n) is 11.4. The number of nitrogens with zero attached hydrogens (tertiary/aromatic N) is 4. The van der Waals surface area contributed by atoms with Gasteiger partial charge in [0.05, 0.1) is 22.6 Å². The summed E-state index contributed by atoms with van der Waals surface area (Å²) in [6.07, 6.45) is -0.672. The molecule has 1 aromatic carbocycles. The predicted octanol–water partition coefficient (Wildman–Crippen LogP) is 6.73. The van der Waals surface area contributed by atoms with E-state index in [9.17, 15) is 18.7 Å². The zero-order chi connectivity index (χ0) is 25.6. The third kappa shape index (κ3) is 4.70. The van der Waals surface area contributed by atoms with Crippen LogP contribution in [0.25, 0.3) is 22.2 Å². The predicted molar refractivity (Wildman–Crippen MR) is 133 cm³/mol. The third-order valence-electron chi connectivity index (χ3n) is 6.21. The Bertz CT molecular complexity index is 1480. The first kappa shape index (κ1) is 24.0. The van der Waals surface area contributed by atoms with Gasteiger partial charge >= 0.3 is 5.97 Å². The Labute approximate surface area is 210 Å². The number of carboxylic acid groups (broad SMARTS) is 1. The molecule has 3 heterocycles. The first-order chi connectivity index (χ1) is 17.2. The lowest BCUT2D eigenvalue weighted by Crippen LogP contribution is -2.13. The number of aryl methyl sites for hydroxylation is 1. The highest BCUT2D eigenvalue weighted by atomic mass is 35.5. The molecule has 1 aliphatic rings. The van der Waals surface area contributed by atoms with Gasteiger partial charge in [-0.25, -0.2) is 23.5 Å². The molecule has 1 fully saturated rings. The number of carbonyl (C=O) groups is 1. The number of anilines is 1. The molecular formula is C26H22ClF2N5O2. The molecular weight excluding hydrogens is 488 g/mol. The number of alkyl halides is 2. The molecule has 1 saturated carbocycles. The second kappa shape index (κ2) is 9.39. The maximum absolute atomic E-state index is 14.1. The number of hydrogen-bond donors (Lipinski definition) is 2. The molecule has 0 unspecified atom stereocenters. The van der Waals surface area contributed by atoms with E-state index in [1.165, 1.54) is 6.07 Å². The van der Waals surface area contributed by atoms with Gasteiger partial charge in [0.2, 0.25) is 0 Å². The van der Waals surface area contributed by atoms with Crippen molar-refractivity contribution >= 4 is 34.2 Å². The van der Waals surface area contributed by atoms with Gasteiger partial charge in [-0.05, 0) is 74.2 Å². The fraction of sp³-hybridized carbons (Fsp3) is 0.269. The molecule has 5 rings (SSSR count). The second-order valence-electron chi connectivity index (χ2n) is 8.96. The standard InChI is InChI=1S/C26H22ClF2N5O2/c1-12-9-15(13(2)30-20-7-8-22(27)32-24(20)26(35)36)16-11-17(23(25(28)29)31-21(16)10-12)19-6-5-18(33-34-19)14-3-4-14/h5-11,13-14,25,30H,3-4H2,1-2H3,(H,35,36)/t13-/m1/s1. The highest BCUT2D eigenvalue weighted by Crippen LogP contribution is 2.40. The van der Waals surface area contributed by atoms with Crippen LogP contribution >= 0.6 is 11.6 Å². The summed E-state index contributed by atoms with van der Waals surface area (Å²) in [7, 11) is 0. The largest absolute Gasteiger partial charge is 0.476 e. The molecule has 0 saturated heterocycles. The Morgan fingerprint density at radius 1 is 1.11 bits per heavy atom. The van der Waals surface area contributed by atoms with E-state index in [2.05, 4.69) is 25.5 Å². The van der Waals surface area contributed by atoms with Crippen molar-refractivity contribution in [3.05, 3.63) is 75.8 Å². The van der Waals surface area contributed by atoms with Crippen LogP contribution in [0.4, 0.5) is 14.5 Å². The Balaban J connectivity index is 1.61. The maximum atomic E-state index is 14.1. The van der Waals surface area contributed by atoms with Crippen LogP contribution in [0.2, 0.25) is 5.15 Å². The van der Waals surface area contributed by atoms with Gasteiger partial charge in [-0.2, -0.15) is 10.2 Å². The molecule has 1 atom stereocenters. The van der Waals surface area contributed by atoms with E-state index in [-0.39, 0.29) is 27.8 Å². The molecule has 0 radical (unpaired) electrons. The number of fused-ring (bicyclic) bond motifs is 1. The summed E-state index contributed by atoms with van der Waals surface area (Å²) in [5, 5.41) is 21.9. The molecule has 10 heteroatoms. The van der Waals surface area contributed by atoms with Gasteiger partial charge < -0.3 is 10.4 Å². The quantitative estimate of drug-likeness (QED) is 0.266. The lowest BCUT2D eigenvalue weighted by molar-refractivity contribution is 0.0691. The highest BCUT2D eigenvalue weighted by molar-refractivity contribution is 6.29. The summed E-state index contributed by atoms with van der Waals surface area (Å²) in [6, 6.07) is 11.5. The monoisotopic (exact) mass is 509 g/mol. The van der Waals surface area contributed by atoms with Crippen molar-refractivity contribution in [2.75, 3.05) is 5.32 Å². The van der Waals surface area contributed by atoms with Crippen LogP contribution < -0.4 is 5.32 Å². The number of aromatic carboxylic acids is 1. The molecule has 0 spiro atoms. The lowest BCUT2D eigenvalue weighted by atomic mass is 9.96. The molecule has 7 nitrogen and oxygen atoms in total. The van der Waals surface area contributed by atoms with E-state index in [4.69, 9.17) is 11.6 Å². The lowest BCUT2D eigenvalue weighted by Gasteiger charge is -2.20. The number of benzene rings is 1. The molecule has 184 valence electrons. The number of halogens is 3. The van der Waals surface area contributed by atoms with Gasteiger partial charge in [-0.3, -0.25) is 0 Å². The van der Waals surface area contributed by atoms with Crippen LogP contribution in [0.5, 0.6) is 0 Å². The van der Waals surface area contributed by atoms with Gasteiger partial charge in [-0.1, -0.05) is 17.7 Å². The van der Waals surface area contributed by atoms with Gasteiger partial charge in [0.15, 0.2) is 5.69 Å². The summed E-state index contributed by atoms with van der Waals surface area (Å²) in [4.78, 5) is 19.9. The Kier molecular flexibility index (Phi) is 6.26. The number of rotatable bonds is 7. The minimum Gasteiger partial charge on any atom is -0.476 e. The average Bonchev–Trinajstić information content (AvgIpc) is 3.69. The number of pyridine rings is 2. The molecule has 3 aromatic heterocycles. The average molecular weight is 510 g/mol. The number of carboxylic acids is 1. The van der Waals surface area contributed by atoms with Gasteiger partial charge in [0.25, 0.3) is 6.43 Å². The smallest absolute Gasteiger partial charge is 0.356 e. The van der Waals surface area contributed by atoms with E-state index in [0.717, 1.165) is 29.7 Å². The minimum atomic E-state index is -2.80. The number of nitrogens with one attached hydrogen (secondary N) is 1. The summed E-state index contributed by atoms with van der Waals surface area (Å²) in [5.41, 5.74) is 3.11. The molecule has 0 aliphatic heterocycles. The van der Waals surface area contributed by atoms with Crippen LogP contribution in [0.1, 0.15) is 71.2 Å². The van der Waals surface area contributed by atoms with Crippen molar-refractivity contribution in [3.63, 3.8) is 0 Å². The first-order valence-corrected chi connectivity index (χ1v) is 11.8. The van der Waals surface area contributed by atoms with Crippen molar-refractivity contribution in [2.24, 2.45) is 0 Å². The second-order valence-corrected chi connectivity index (χ2v) is 9.35.